The molecule has 0 heterocycles. The van der Waals surface area contributed by atoms with Gasteiger partial charge in [0.1, 0.15) is 0 Å². The van der Waals surface area contributed by atoms with Crippen molar-refractivity contribution in [3.05, 3.63) is 0 Å². The van der Waals surface area contributed by atoms with Crippen molar-refractivity contribution < 1.29 is 23.1 Å². The molecule has 2 nitrogen and oxygen atoms in total. The maximum absolute atomic E-state index is 11.7. The second-order valence-corrected chi connectivity index (χ2v) is 4.35. The lowest BCUT2D eigenvalue weighted by atomic mass is 10.2. The Kier molecular flexibility index (Phi) is 5.99. The van der Waals surface area contributed by atoms with E-state index < -0.39 is 23.8 Å². The Labute approximate surface area is 84.9 Å². The van der Waals surface area contributed by atoms with Crippen molar-refractivity contribution in [2.45, 2.75) is 37.6 Å². The quantitative estimate of drug-likeness (QED) is 0.649. The number of aliphatic carboxylic acids is 1. The van der Waals surface area contributed by atoms with Crippen LogP contribution in [-0.4, -0.2) is 23.1 Å². The Morgan fingerprint density at radius 1 is 1.43 bits per heavy atom. The fourth-order valence-electron chi connectivity index (χ4n) is 0.756. The smallest absolute Gasteiger partial charge is 0.389 e. The minimum atomic E-state index is -4.11. The number of hydrogen-bond acceptors (Lipinski definition) is 3. The summed E-state index contributed by atoms with van der Waals surface area (Å²) >= 11 is 1.11. The molecule has 0 saturated carbocycles. The zero-order valence-corrected chi connectivity index (χ0v) is 8.58. The maximum atomic E-state index is 11.7. The van der Waals surface area contributed by atoms with Gasteiger partial charge < -0.3 is 9.90 Å². The van der Waals surface area contributed by atoms with Crippen molar-refractivity contribution in [3.63, 3.8) is 0 Å². The van der Waals surface area contributed by atoms with Gasteiger partial charge in [0.25, 0.3) is 0 Å². The van der Waals surface area contributed by atoms with E-state index in [1.54, 1.807) is 0 Å². The molecule has 0 rings (SSSR count). The highest BCUT2D eigenvalue weighted by Crippen LogP contribution is 2.23. The van der Waals surface area contributed by atoms with Crippen LogP contribution in [0.15, 0.2) is 0 Å². The Bertz CT molecular complexity index is 182. The van der Waals surface area contributed by atoms with Gasteiger partial charge in [0.15, 0.2) is 0 Å². The molecule has 0 aromatic carbocycles. The first-order valence-corrected chi connectivity index (χ1v) is 5.27. The van der Waals surface area contributed by atoms with Crippen LogP contribution in [0.3, 0.4) is 0 Å². The minimum Gasteiger partial charge on any atom is -0.549 e. The fourth-order valence-corrected chi connectivity index (χ4v) is 1.62. The Morgan fingerprint density at radius 2 is 2.00 bits per heavy atom. The van der Waals surface area contributed by atoms with Crippen molar-refractivity contribution in [2.24, 2.45) is 0 Å². The summed E-state index contributed by atoms with van der Waals surface area (Å²) < 4.78 is 35.0. The predicted octanol–water partition coefficient (Wildman–Crippen LogP) is 1.59. The molecule has 84 valence electrons. The molecule has 14 heavy (non-hydrogen) atoms. The van der Waals surface area contributed by atoms with Gasteiger partial charge in [-0.1, -0.05) is 0 Å². The molecule has 0 aromatic rings. The van der Waals surface area contributed by atoms with E-state index >= 15 is 0 Å². The number of alkyl halides is 3. The van der Waals surface area contributed by atoms with Gasteiger partial charge in [-0.25, -0.2) is 0 Å². The first kappa shape index (κ1) is 13.6. The highest BCUT2D eigenvalue weighted by molar-refractivity contribution is 8.00. The zero-order chi connectivity index (χ0) is 11.2. The third kappa shape index (κ3) is 8.22. The van der Waals surface area contributed by atoms with Crippen LogP contribution in [0, 0.1) is 0 Å². The number of carboxylic acids is 1. The molecule has 0 aliphatic heterocycles. The molecular formula is C8H12F3O2S-. The van der Waals surface area contributed by atoms with Crippen LogP contribution < -0.4 is 5.11 Å². The Hall–Kier alpha value is -0.390. The van der Waals surface area contributed by atoms with Gasteiger partial charge in [-0.15, -0.1) is 0 Å². The Balaban J connectivity index is 3.35. The molecule has 0 fully saturated rings. The molecular weight excluding hydrogens is 217 g/mol. The summed E-state index contributed by atoms with van der Waals surface area (Å²) in [5, 5.41) is 9.56. The average Bonchev–Trinajstić information content (AvgIpc) is 2.01. The number of unbranched alkanes of at least 4 members (excludes halogenated alkanes) is 1. The van der Waals surface area contributed by atoms with Gasteiger partial charge >= 0.3 is 6.18 Å². The molecule has 0 saturated heterocycles. The van der Waals surface area contributed by atoms with Crippen molar-refractivity contribution in [2.75, 3.05) is 5.75 Å². The standard InChI is InChI=1S/C8H13F3O2S/c1-6(7(12)13)14-5-3-2-4-8(9,10)11/h6H,2-5H2,1H3,(H,12,13)/p-1. The normalized spacial score (nSPS) is 14.0. The molecule has 0 aliphatic carbocycles. The lowest BCUT2D eigenvalue weighted by Crippen LogP contribution is -2.31. The number of carbonyl (C=O) groups excluding carboxylic acids is 1. The van der Waals surface area contributed by atoms with Crippen LogP contribution in [0.5, 0.6) is 0 Å². The molecule has 0 N–H and O–H groups in total. The van der Waals surface area contributed by atoms with Crippen LogP contribution in [0.4, 0.5) is 13.2 Å². The molecule has 0 aromatic heterocycles. The molecule has 1 atom stereocenters. The van der Waals surface area contributed by atoms with E-state index in [2.05, 4.69) is 0 Å². The van der Waals surface area contributed by atoms with Gasteiger partial charge in [-0.3, -0.25) is 0 Å². The highest BCUT2D eigenvalue weighted by Gasteiger charge is 2.25. The number of halogens is 3. The predicted molar refractivity (Wildman–Crippen MR) is 46.8 cm³/mol. The van der Waals surface area contributed by atoms with Crippen molar-refractivity contribution in [3.8, 4) is 0 Å². The van der Waals surface area contributed by atoms with Gasteiger partial charge in [-0.2, -0.15) is 24.9 Å². The molecule has 1 unspecified atom stereocenters. The summed E-state index contributed by atoms with van der Waals surface area (Å²) in [6, 6.07) is 0. The van der Waals surface area contributed by atoms with Crippen molar-refractivity contribution in [1.82, 2.24) is 0 Å². The first-order valence-electron chi connectivity index (χ1n) is 4.22. The lowest BCUT2D eigenvalue weighted by molar-refractivity contribution is -0.304. The highest BCUT2D eigenvalue weighted by atomic mass is 32.2. The van der Waals surface area contributed by atoms with Gasteiger partial charge in [-0.05, 0) is 25.5 Å². The summed E-state index contributed by atoms with van der Waals surface area (Å²) in [5.41, 5.74) is 0. The van der Waals surface area contributed by atoms with Crippen molar-refractivity contribution in [1.29, 1.82) is 0 Å². The Morgan fingerprint density at radius 3 is 2.43 bits per heavy atom. The fraction of sp³-hybridized carbons (Fsp3) is 0.875. The largest absolute Gasteiger partial charge is 0.549 e. The third-order valence-corrected chi connectivity index (χ3v) is 2.77. The summed E-state index contributed by atoms with van der Waals surface area (Å²) in [4.78, 5) is 10.2. The monoisotopic (exact) mass is 229 g/mol. The summed E-state index contributed by atoms with van der Waals surface area (Å²) in [5.74, 6) is -0.753. The van der Waals surface area contributed by atoms with E-state index in [4.69, 9.17) is 0 Å². The zero-order valence-electron chi connectivity index (χ0n) is 7.76. The van der Waals surface area contributed by atoms with Crippen LogP contribution in [0.2, 0.25) is 0 Å². The number of carboxylic acid groups (broad SMARTS) is 1. The van der Waals surface area contributed by atoms with Crippen LogP contribution in [0.1, 0.15) is 26.2 Å². The van der Waals surface area contributed by atoms with Gasteiger partial charge in [0.2, 0.25) is 0 Å². The third-order valence-electron chi connectivity index (χ3n) is 1.55. The SMILES string of the molecule is CC(SCCCCC(F)(F)F)C(=O)[O-]. The van der Waals surface area contributed by atoms with Crippen molar-refractivity contribution >= 4 is 17.7 Å². The second kappa shape index (κ2) is 6.16. The summed E-state index contributed by atoms with van der Waals surface area (Å²) in [6.07, 6.45) is -4.48. The summed E-state index contributed by atoms with van der Waals surface area (Å²) in [7, 11) is 0. The number of hydrogen-bond donors (Lipinski definition) is 0. The maximum Gasteiger partial charge on any atom is 0.389 e. The second-order valence-electron chi connectivity index (χ2n) is 2.90. The lowest BCUT2D eigenvalue weighted by Gasteiger charge is -2.11. The van der Waals surface area contributed by atoms with Crippen LogP contribution in [-0.2, 0) is 4.79 Å². The average molecular weight is 229 g/mol. The minimum absolute atomic E-state index is 0.0519. The molecule has 6 heteroatoms. The molecule has 0 spiro atoms. The number of rotatable bonds is 6. The molecule has 0 amide bonds. The van der Waals surface area contributed by atoms with E-state index in [0.717, 1.165) is 11.8 Å². The topological polar surface area (TPSA) is 40.1 Å². The van der Waals surface area contributed by atoms with E-state index in [0.29, 0.717) is 12.2 Å². The van der Waals surface area contributed by atoms with Gasteiger partial charge in [0.05, 0.1) is 5.97 Å². The molecule has 0 radical (unpaired) electrons. The van der Waals surface area contributed by atoms with Crippen LogP contribution >= 0.6 is 11.8 Å². The van der Waals surface area contributed by atoms with Crippen LogP contribution in [0.25, 0.3) is 0 Å². The summed E-state index contributed by atoms with van der Waals surface area (Å²) in [6.45, 7) is 1.46. The van der Waals surface area contributed by atoms with E-state index in [1.165, 1.54) is 6.92 Å². The number of carbonyl (C=O) groups is 1. The van der Waals surface area contributed by atoms with Gasteiger partial charge in [0, 0.05) is 11.7 Å². The first-order chi connectivity index (χ1) is 6.33. The molecule has 0 aliphatic rings. The van der Waals surface area contributed by atoms with E-state index in [9.17, 15) is 23.1 Å². The molecule has 0 bridgehead atoms. The number of thioether (sulfide) groups is 1. The van der Waals surface area contributed by atoms with E-state index in [-0.39, 0.29) is 6.42 Å². The van der Waals surface area contributed by atoms with E-state index in [1.807, 2.05) is 0 Å².